The summed E-state index contributed by atoms with van der Waals surface area (Å²) in [6.45, 7) is 8.50. The molecular weight excluding hydrogens is 432 g/mol. The van der Waals surface area contributed by atoms with Gasteiger partial charge in [0.05, 0.1) is 16.5 Å². The van der Waals surface area contributed by atoms with E-state index in [0.29, 0.717) is 27.9 Å². The van der Waals surface area contributed by atoms with E-state index in [1.165, 1.54) is 25.1 Å². The third-order valence-corrected chi connectivity index (χ3v) is 5.92. The molecule has 0 spiro atoms. The van der Waals surface area contributed by atoms with Gasteiger partial charge >= 0.3 is 6.09 Å². The van der Waals surface area contributed by atoms with Crippen LogP contribution in [0.5, 0.6) is 0 Å². The van der Waals surface area contributed by atoms with Gasteiger partial charge in [0, 0.05) is 25.7 Å². The van der Waals surface area contributed by atoms with Crippen molar-refractivity contribution in [1.29, 1.82) is 0 Å². The molecule has 0 fully saturated rings. The van der Waals surface area contributed by atoms with Crippen LogP contribution in [-0.2, 0) is 16.0 Å². The Kier molecular flexibility index (Phi) is 6.45. The van der Waals surface area contributed by atoms with E-state index in [1.54, 1.807) is 32.9 Å². The number of rotatable bonds is 4. The van der Waals surface area contributed by atoms with Gasteiger partial charge < -0.3 is 10.1 Å². The van der Waals surface area contributed by atoms with Crippen LogP contribution < -0.4 is 10.2 Å². The van der Waals surface area contributed by atoms with E-state index < -0.39 is 17.6 Å². The van der Waals surface area contributed by atoms with Crippen molar-refractivity contribution in [2.24, 2.45) is 11.8 Å². The monoisotopic (exact) mass is 458 g/mol. The van der Waals surface area contributed by atoms with Crippen molar-refractivity contribution in [3.05, 3.63) is 34.5 Å². The number of hydrogen-bond donors (Lipinski definition) is 1. The molecule has 1 aliphatic carbocycles. The first-order valence-corrected chi connectivity index (χ1v) is 11.0. The number of fused-ring (bicyclic) bond motifs is 1. The van der Waals surface area contributed by atoms with Crippen LogP contribution in [0.2, 0.25) is 0 Å². The van der Waals surface area contributed by atoms with Crippen LogP contribution in [0.1, 0.15) is 60.3 Å². The Morgan fingerprint density at radius 3 is 2.50 bits per heavy atom. The fraction of sp³-hybridized carbons (Fsp3) is 0.455. The highest BCUT2D eigenvalue weighted by Crippen LogP contribution is 2.36. The van der Waals surface area contributed by atoms with Gasteiger partial charge in [-0.1, -0.05) is 18.3 Å². The topological polar surface area (TPSA) is 119 Å². The Labute approximate surface area is 190 Å². The van der Waals surface area contributed by atoms with Crippen molar-refractivity contribution in [3.63, 3.8) is 0 Å². The van der Waals surface area contributed by atoms with E-state index in [1.807, 2.05) is 6.92 Å². The number of aromatic nitrogens is 2. The smallest absolute Gasteiger partial charge is 0.415 e. The first-order chi connectivity index (χ1) is 14.9. The molecule has 2 unspecified atom stereocenters. The standard InChI is InChI=1S/C22H26N4O5S/c1-11-9-14-19(32-20(25-14)24-12(2)27)18(29)16(11)17(28)13-7-8-15(23-10-13)26(6)21(30)31-22(3,4)5/h7-8,10-11,16H,9H2,1-6H3,(H,24,25,27). The van der Waals surface area contributed by atoms with Crippen LogP contribution in [-0.4, -0.2) is 46.2 Å². The number of ether oxygens (including phenoxy) is 1. The zero-order valence-corrected chi connectivity index (χ0v) is 19.7. The highest BCUT2D eigenvalue weighted by Gasteiger charge is 2.40. The van der Waals surface area contributed by atoms with Gasteiger partial charge in [-0.2, -0.15) is 0 Å². The van der Waals surface area contributed by atoms with Crippen LogP contribution >= 0.6 is 11.3 Å². The van der Waals surface area contributed by atoms with E-state index in [0.717, 1.165) is 11.3 Å². The number of nitrogens with zero attached hydrogens (tertiary/aromatic N) is 3. The van der Waals surface area contributed by atoms with Crippen molar-refractivity contribution in [3.8, 4) is 0 Å². The average Bonchev–Trinajstić information content (AvgIpc) is 3.07. The molecular formula is C22H26N4O5S. The molecule has 2 heterocycles. The number of hydrogen-bond acceptors (Lipinski definition) is 8. The number of thiazole rings is 1. The van der Waals surface area contributed by atoms with Gasteiger partial charge in [-0.15, -0.1) is 0 Å². The quantitative estimate of drug-likeness (QED) is 0.547. The molecule has 32 heavy (non-hydrogen) atoms. The summed E-state index contributed by atoms with van der Waals surface area (Å²) in [6, 6.07) is 3.10. The predicted octanol–water partition coefficient (Wildman–Crippen LogP) is 3.74. The molecule has 2 aromatic heterocycles. The second-order valence-corrected chi connectivity index (χ2v) is 9.81. The molecule has 2 aromatic rings. The molecule has 2 amide bonds. The second kappa shape index (κ2) is 8.78. The summed E-state index contributed by atoms with van der Waals surface area (Å²) in [5.41, 5.74) is 0.243. The van der Waals surface area contributed by atoms with Crippen molar-refractivity contribution in [2.45, 2.75) is 46.6 Å². The molecule has 2 atom stereocenters. The van der Waals surface area contributed by atoms with E-state index in [4.69, 9.17) is 4.74 Å². The predicted molar refractivity (Wildman–Crippen MR) is 120 cm³/mol. The summed E-state index contributed by atoms with van der Waals surface area (Å²) in [5.74, 6) is -1.69. The molecule has 3 rings (SSSR count). The summed E-state index contributed by atoms with van der Waals surface area (Å²) in [5, 5.41) is 2.95. The summed E-state index contributed by atoms with van der Waals surface area (Å²) in [7, 11) is 1.53. The lowest BCUT2D eigenvalue weighted by atomic mass is 9.77. The maximum Gasteiger partial charge on any atom is 0.415 e. The first-order valence-electron chi connectivity index (χ1n) is 10.2. The van der Waals surface area contributed by atoms with E-state index >= 15 is 0 Å². The largest absolute Gasteiger partial charge is 0.443 e. The molecule has 0 aliphatic heterocycles. The average molecular weight is 459 g/mol. The second-order valence-electron chi connectivity index (χ2n) is 8.81. The van der Waals surface area contributed by atoms with E-state index in [2.05, 4.69) is 15.3 Å². The molecule has 10 heteroatoms. The Hall–Kier alpha value is -3.14. The van der Waals surface area contributed by atoms with Gasteiger partial charge in [-0.05, 0) is 45.2 Å². The normalized spacial score (nSPS) is 18.0. The Morgan fingerprint density at radius 1 is 1.25 bits per heavy atom. The highest BCUT2D eigenvalue weighted by molar-refractivity contribution is 7.17. The number of ketones is 2. The van der Waals surface area contributed by atoms with Gasteiger partial charge in [0.15, 0.2) is 16.7 Å². The Balaban J connectivity index is 1.78. The minimum Gasteiger partial charge on any atom is -0.443 e. The number of carbonyl (C=O) groups is 4. The SMILES string of the molecule is CC(=O)Nc1nc2c(s1)C(=O)C(C(=O)c1ccc(N(C)C(=O)OC(C)(C)C)nc1)C(C)C2. The molecule has 170 valence electrons. The van der Waals surface area contributed by atoms with Crippen molar-refractivity contribution >= 4 is 45.9 Å². The van der Waals surface area contributed by atoms with Gasteiger partial charge in [0.1, 0.15) is 11.4 Å². The van der Waals surface area contributed by atoms with Crippen LogP contribution in [0.3, 0.4) is 0 Å². The Morgan fingerprint density at radius 2 is 1.94 bits per heavy atom. The maximum absolute atomic E-state index is 13.2. The van der Waals surface area contributed by atoms with Crippen LogP contribution in [0.25, 0.3) is 0 Å². The number of pyridine rings is 1. The fourth-order valence-electron chi connectivity index (χ4n) is 3.42. The van der Waals surface area contributed by atoms with Crippen LogP contribution in [0.4, 0.5) is 15.7 Å². The minimum absolute atomic E-state index is 0.251. The summed E-state index contributed by atoms with van der Waals surface area (Å²) >= 11 is 1.09. The number of carbonyl (C=O) groups excluding carboxylic acids is 4. The zero-order valence-electron chi connectivity index (χ0n) is 18.9. The van der Waals surface area contributed by atoms with Crippen LogP contribution in [0, 0.1) is 11.8 Å². The van der Waals surface area contributed by atoms with Gasteiger partial charge in [0.25, 0.3) is 0 Å². The van der Waals surface area contributed by atoms with Crippen molar-refractivity contribution < 1.29 is 23.9 Å². The number of amides is 2. The van der Waals surface area contributed by atoms with Gasteiger partial charge in [-0.3, -0.25) is 19.3 Å². The number of anilines is 2. The third kappa shape index (κ3) is 5.01. The lowest BCUT2D eigenvalue weighted by molar-refractivity contribution is -0.114. The molecule has 1 aliphatic rings. The molecule has 0 aromatic carbocycles. The lowest BCUT2D eigenvalue weighted by Gasteiger charge is -2.26. The molecule has 1 N–H and O–H groups in total. The number of nitrogens with one attached hydrogen (secondary N) is 1. The van der Waals surface area contributed by atoms with Crippen LogP contribution in [0.15, 0.2) is 18.3 Å². The van der Waals surface area contributed by atoms with E-state index in [9.17, 15) is 19.2 Å². The van der Waals surface area contributed by atoms with Gasteiger partial charge in [0.2, 0.25) is 5.91 Å². The molecule has 0 radical (unpaired) electrons. The zero-order chi connectivity index (χ0) is 23.8. The molecule has 0 saturated carbocycles. The highest BCUT2D eigenvalue weighted by atomic mass is 32.1. The van der Waals surface area contributed by atoms with Crippen molar-refractivity contribution in [2.75, 3.05) is 17.3 Å². The molecule has 0 saturated heterocycles. The summed E-state index contributed by atoms with van der Waals surface area (Å²) in [4.78, 5) is 60.0. The van der Waals surface area contributed by atoms with E-state index in [-0.39, 0.29) is 29.0 Å². The maximum atomic E-state index is 13.2. The fourth-order valence-corrected chi connectivity index (χ4v) is 4.44. The summed E-state index contributed by atoms with van der Waals surface area (Å²) in [6.07, 6.45) is 1.26. The number of Topliss-reactive ketones (excluding diaryl/α,β-unsaturated/α-hetero) is 2. The summed E-state index contributed by atoms with van der Waals surface area (Å²) < 4.78 is 5.32. The Bertz CT molecular complexity index is 1070. The molecule has 0 bridgehead atoms. The van der Waals surface area contributed by atoms with Gasteiger partial charge in [-0.25, -0.2) is 14.8 Å². The van der Waals surface area contributed by atoms with Crippen molar-refractivity contribution in [1.82, 2.24) is 9.97 Å². The third-order valence-electron chi connectivity index (χ3n) is 4.90. The first kappa shape index (κ1) is 23.5. The lowest BCUT2D eigenvalue weighted by Crippen LogP contribution is -2.36. The minimum atomic E-state index is -0.857. The molecule has 9 nitrogen and oxygen atoms in total.